The van der Waals surface area contributed by atoms with Crippen LogP contribution in [0.1, 0.15) is 35.7 Å². The predicted molar refractivity (Wildman–Crippen MR) is 101 cm³/mol. The molecule has 7 heteroatoms. The molecular weight excluding hydrogens is 367 g/mol. The van der Waals surface area contributed by atoms with Crippen LogP contribution in [0.2, 0.25) is 0 Å². The Hall–Kier alpha value is -2.25. The normalized spacial score (nSPS) is 16.2. The number of benzene rings is 2. The molecule has 144 valence electrons. The lowest BCUT2D eigenvalue weighted by Crippen LogP contribution is -2.37. The molecule has 0 aromatic heterocycles. The van der Waals surface area contributed by atoms with E-state index in [1.165, 1.54) is 34.6 Å². The van der Waals surface area contributed by atoms with Crippen LogP contribution in [-0.2, 0) is 16.6 Å². The molecule has 2 aromatic rings. The molecule has 0 aliphatic carbocycles. The van der Waals surface area contributed by atoms with Crippen molar-refractivity contribution < 1.29 is 17.6 Å². The minimum Gasteiger partial charge on any atom is -0.348 e. The third-order valence-corrected chi connectivity index (χ3v) is 6.81. The summed E-state index contributed by atoms with van der Waals surface area (Å²) in [5, 5.41) is 2.64. The van der Waals surface area contributed by atoms with Gasteiger partial charge < -0.3 is 5.32 Å². The number of sulfonamides is 1. The molecule has 1 N–H and O–H groups in total. The number of hydrogen-bond acceptors (Lipinski definition) is 3. The smallest absolute Gasteiger partial charge is 0.251 e. The van der Waals surface area contributed by atoms with E-state index in [2.05, 4.69) is 12.2 Å². The summed E-state index contributed by atoms with van der Waals surface area (Å²) in [6, 6.07) is 12.1. The number of nitrogens with zero attached hydrogens (tertiary/aromatic N) is 1. The number of rotatable bonds is 5. The Morgan fingerprint density at radius 3 is 2.37 bits per heavy atom. The van der Waals surface area contributed by atoms with Crippen molar-refractivity contribution in [2.75, 3.05) is 13.1 Å². The lowest BCUT2D eigenvalue weighted by Gasteiger charge is -2.29. The van der Waals surface area contributed by atoms with Crippen molar-refractivity contribution in [2.24, 2.45) is 5.92 Å². The van der Waals surface area contributed by atoms with Gasteiger partial charge in [0.2, 0.25) is 10.0 Å². The van der Waals surface area contributed by atoms with E-state index in [9.17, 15) is 17.6 Å². The second kappa shape index (κ2) is 8.19. The van der Waals surface area contributed by atoms with Crippen LogP contribution in [0.25, 0.3) is 0 Å². The summed E-state index contributed by atoms with van der Waals surface area (Å²) >= 11 is 0. The lowest BCUT2D eigenvalue weighted by molar-refractivity contribution is 0.0950. The lowest BCUT2D eigenvalue weighted by atomic mass is 10.0. The van der Waals surface area contributed by atoms with E-state index in [0.717, 1.165) is 12.8 Å². The van der Waals surface area contributed by atoms with E-state index in [4.69, 9.17) is 0 Å². The summed E-state index contributed by atoms with van der Waals surface area (Å²) in [5.41, 5.74) is 0.724. The highest BCUT2D eigenvalue weighted by Gasteiger charge is 2.28. The molecule has 2 aromatic carbocycles. The van der Waals surface area contributed by atoms with Gasteiger partial charge in [0.25, 0.3) is 5.91 Å². The first-order valence-electron chi connectivity index (χ1n) is 9.00. The molecule has 0 bridgehead atoms. The number of amides is 1. The Bertz CT molecular complexity index is 905. The molecule has 5 nitrogen and oxygen atoms in total. The maximum absolute atomic E-state index is 13.6. The molecule has 1 aliphatic rings. The van der Waals surface area contributed by atoms with Gasteiger partial charge >= 0.3 is 0 Å². The Morgan fingerprint density at radius 2 is 1.74 bits per heavy atom. The average Bonchev–Trinajstić information content (AvgIpc) is 2.67. The van der Waals surface area contributed by atoms with Gasteiger partial charge in [-0.15, -0.1) is 0 Å². The van der Waals surface area contributed by atoms with Gasteiger partial charge in [-0.2, -0.15) is 4.31 Å². The fraction of sp³-hybridized carbons (Fsp3) is 0.350. The molecule has 3 rings (SSSR count). The van der Waals surface area contributed by atoms with Crippen molar-refractivity contribution in [3.63, 3.8) is 0 Å². The summed E-state index contributed by atoms with van der Waals surface area (Å²) in [5.74, 6) is -0.221. The van der Waals surface area contributed by atoms with E-state index in [1.54, 1.807) is 18.2 Å². The quantitative estimate of drug-likeness (QED) is 0.853. The van der Waals surface area contributed by atoms with Crippen LogP contribution < -0.4 is 5.32 Å². The van der Waals surface area contributed by atoms with E-state index >= 15 is 0 Å². The zero-order chi connectivity index (χ0) is 19.4. The Labute approximate surface area is 159 Å². The molecule has 0 radical (unpaired) electrons. The van der Waals surface area contributed by atoms with E-state index in [1.807, 2.05) is 0 Å². The number of carbonyl (C=O) groups is 1. The SMILES string of the molecule is CC1CCN(S(=O)(=O)c2ccc(C(=O)NCc3ccccc3F)cc2)CC1. The molecular formula is C20H23FN2O3S. The summed E-state index contributed by atoms with van der Waals surface area (Å²) in [7, 11) is -3.54. The summed E-state index contributed by atoms with van der Waals surface area (Å²) < 4.78 is 40.5. The highest BCUT2D eigenvalue weighted by Crippen LogP contribution is 2.23. The first kappa shape index (κ1) is 19.5. The topological polar surface area (TPSA) is 66.5 Å². The van der Waals surface area contributed by atoms with Crippen LogP contribution >= 0.6 is 0 Å². The van der Waals surface area contributed by atoms with Crippen molar-refractivity contribution in [3.8, 4) is 0 Å². The predicted octanol–water partition coefficient (Wildman–Crippen LogP) is 3.18. The second-order valence-corrected chi connectivity index (χ2v) is 8.82. The van der Waals surface area contributed by atoms with E-state index in [-0.39, 0.29) is 23.2 Å². The van der Waals surface area contributed by atoms with E-state index < -0.39 is 10.0 Å². The monoisotopic (exact) mass is 390 g/mol. The number of piperidine rings is 1. The average molecular weight is 390 g/mol. The highest BCUT2D eigenvalue weighted by atomic mass is 32.2. The molecule has 1 fully saturated rings. The van der Waals surface area contributed by atoms with Crippen molar-refractivity contribution in [3.05, 3.63) is 65.5 Å². The molecule has 0 spiro atoms. The van der Waals surface area contributed by atoms with Crippen LogP contribution in [0.5, 0.6) is 0 Å². The third-order valence-electron chi connectivity index (χ3n) is 4.89. The molecule has 1 aliphatic heterocycles. The van der Waals surface area contributed by atoms with Crippen LogP contribution in [0, 0.1) is 11.7 Å². The van der Waals surface area contributed by atoms with Gasteiger partial charge in [0.05, 0.1) is 4.90 Å². The molecule has 1 heterocycles. The van der Waals surface area contributed by atoms with Gasteiger partial charge in [-0.05, 0) is 49.1 Å². The zero-order valence-corrected chi connectivity index (χ0v) is 16.0. The number of halogens is 1. The van der Waals surface area contributed by atoms with Crippen LogP contribution in [0.15, 0.2) is 53.4 Å². The van der Waals surface area contributed by atoms with Crippen LogP contribution in [0.4, 0.5) is 4.39 Å². The molecule has 1 saturated heterocycles. The van der Waals surface area contributed by atoms with Crippen LogP contribution in [-0.4, -0.2) is 31.7 Å². The molecule has 27 heavy (non-hydrogen) atoms. The maximum atomic E-state index is 13.6. The first-order chi connectivity index (χ1) is 12.9. The maximum Gasteiger partial charge on any atom is 0.251 e. The van der Waals surface area contributed by atoms with Gasteiger partial charge in [0.15, 0.2) is 0 Å². The molecule has 1 amide bonds. The van der Waals surface area contributed by atoms with Gasteiger partial charge in [-0.3, -0.25) is 4.79 Å². The van der Waals surface area contributed by atoms with Gasteiger partial charge in [0, 0.05) is 30.8 Å². The number of carbonyl (C=O) groups excluding carboxylic acids is 1. The molecule has 0 saturated carbocycles. The third kappa shape index (κ3) is 4.54. The molecule has 0 atom stereocenters. The van der Waals surface area contributed by atoms with Gasteiger partial charge in [-0.25, -0.2) is 12.8 Å². The fourth-order valence-electron chi connectivity index (χ4n) is 3.07. The largest absolute Gasteiger partial charge is 0.348 e. The summed E-state index contributed by atoms with van der Waals surface area (Å²) in [6.07, 6.45) is 1.71. The number of nitrogens with one attached hydrogen (secondary N) is 1. The Balaban J connectivity index is 1.66. The number of hydrogen-bond donors (Lipinski definition) is 1. The molecule has 0 unspecified atom stereocenters. The van der Waals surface area contributed by atoms with Crippen molar-refractivity contribution >= 4 is 15.9 Å². The van der Waals surface area contributed by atoms with Crippen molar-refractivity contribution in [2.45, 2.75) is 31.2 Å². The van der Waals surface area contributed by atoms with Gasteiger partial charge in [-0.1, -0.05) is 25.1 Å². The minimum atomic E-state index is -3.54. The van der Waals surface area contributed by atoms with Gasteiger partial charge in [0.1, 0.15) is 5.82 Å². The Morgan fingerprint density at radius 1 is 1.11 bits per heavy atom. The summed E-state index contributed by atoms with van der Waals surface area (Å²) in [6.45, 7) is 3.24. The second-order valence-electron chi connectivity index (χ2n) is 6.89. The van der Waals surface area contributed by atoms with Crippen molar-refractivity contribution in [1.29, 1.82) is 0 Å². The summed E-state index contributed by atoms with van der Waals surface area (Å²) in [4.78, 5) is 12.4. The van der Waals surface area contributed by atoms with Crippen molar-refractivity contribution in [1.82, 2.24) is 9.62 Å². The van der Waals surface area contributed by atoms with E-state index in [0.29, 0.717) is 30.1 Å². The minimum absolute atomic E-state index is 0.0670. The Kier molecular flexibility index (Phi) is 5.92. The first-order valence-corrected chi connectivity index (χ1v) is 10.4. The fourth-order valence-corrected chi connectivity index (χ4v) is 4.54. The standard InChI is InChI=1S/C20H23FN2O3S/c1-15-10-12-23(13-11-15)27(25,26)18-8-6-16(7-9-18)20(24)22-14-17-4-2-3-5-19(17)21/h2-9,15H,10-14H2,1H3,(H,22,24). The zero-order valence-electron chi connectivity index (χ0n) is 15.2. The van der Waals surface area contributed by atoms with Crippen LogP contribution in [0.3, 0.4) is 0 Å². The highest BCUT2D eigenvalue weighted by molar-refractivity contribution is 7.89.